The Bertz CT molecular complexity index is 153. The van der Waals surface area contributed by atoms with Crippen molar-refractivity contribution in [1.82, 2.24) is 15.2 Å². The van der Waals surface area contributed by atoms with E-state index in [0.717, 1.165) is 0 Å². The maximum absolute atomic E-state index is 8.41. The first-order chi connectivity index (χ1) is 3.93. The van der Waals surface area contributed by atoms with Crippen LogP contribution in [-0.4, -0.2) is 20.3 Å². The molecule has 1 N–H and O–H groups in total. The summed E-state index contributed by atoms with van der Waals surface area (Å²) < 4.78 is 0. The summed E-state index contributed by atoms with van der Waals surface area (Å²) in [6.45, 7) is -0.0739. The van der Waals surface area contributed by atoms with Gasteiger partial charge >= 0.3 is 0 Å². The lowest BCUT2D eigenvalue weighted by Crippen LogP contribution is -1.90. The molecule has 42 valence electrons. The standard InChI is InChI=1S/C4H5N3O/c8-2-4-1-6-7-3-5-4/h1,3,8H,2H2. The summed E-state index contributed by atoms with van der Waals surface area (Å²) in [5.41, 5.74) is 0.542. The molecule has 0 unspecified atom stereocenters. The van der Waals surface area contributed by atoms with Gasteiger partial charge in [0.25, 0.3) is 0 Å². The predicted octanol–water partition coefficient (Wildman–Crippen LogP) is -0.636. The molecule has 4 heteroatoms. The Labute approximate surface area is 46.2 Å². The molecule has 0 aliphatic rings. The number of aromatic nitrogens is 3. The number of rotatable bonds is 1. The van der Waals surface area contributed by atoms with Gasteiger partial charge in [-0.15, -0.1) is 5.10 Å². The van der Waals surface area contributed by atoms with Crippen molar-refractivity contribution in [2.75, 3.05) is 0 Å². The number of aliphatic hydroxyl groups excluding tert-OH is 1. The molecule has 0 saturated heterocycles. The quantitative estimate of drug-likeness (QED) is 0.524. The van der Waals surface area contributed by atoms with Crippen molar-refractivity contribution in [3.63, 3.8) is 0 Å². The fraction of sp³-hybridized carbons (Fsp3) is 0.250. The third-order valence-electron chi connectivity index (χ3n) is 0.711. The first kappa shape index (κ1) is 5.11. The van der Waals surface area contributed by atoms with Gasteiger partial charge in [0.1, 0.15) is 6.33 Å². The zero-order chi connectivity index (χ0) is 5.82. The molecular weight excluding hydrogens is 106 g/mol. The molecule has 0 fully saturated rings. The Hall–Kier alpha value is -1.03. The van der Waals surface area contributed by atoms with Gasteiger partial charge in [-0.3, -0.25) is 0 Å². The Morgan fingerprint density at radius 2 is 2.38 bits per heavy atom. The normalized spacial score (nSPS) is 9.12. The third kappa shape index (κ3) is 0.974. The third-order valence-corrected chi connectivity index (χ3v) is 0.711. The first-order valence-corrected chi connectivity index (χ1v) is 2.16. The van der Waals surface area contributed by atoms with Crippen molar-refractivity contribution in [2.24, 2.45) is 0 Å². The van der Waals surface area contributed by atoms with Gasteiger partial charge in [-0.1, -0.05) is 0 Å². The Balaban J connectivity index is 2.83. The van der Waals surface area contributed by atoms with Crippen molar-refractivity contribution in [3.8, 4) is 0 Å². The van der Waals surface area contributed by atoms with Crippen LogP contribution in [0.15, 0.2) is 12.5 Å². The lowest BCUT2D eigenvalue weighted by atomic mass is 10.5. The maximum atomic E-state index is 8.41. The molecule has 0 spiro atoms. The van der Waals surface area contributed by atoms with E-state index in [1.54, 1.807) is 0 Å². The summed E-state index contributed by atoms with van der Waals surface area (Å²) in [5.74, 6) is 0. The minimum absolute atomic E-state index is 0.0739. The molecule has 4 nitrogen and oxygen atoms in total. The summed E-state index contributed by atoms with van der Waals surface area (Å²) in [4.78, 5) is 3.67. The van der Waals surface area contributed by atoms with E-state index >= 15 is 0 Å². The molecular formula is C4H5N3O. The zero-order valence-corrected chi connectivity index (χ0v) is 4.15. The van der Waals surface area contributed by atoms with E-state index in [0.29, 0.717) is 5.69 Å². The molecule has 1 aromatic heterocycles. The fourth-order valence-corrected chi connectivity index (χ4v) is 0.345. The highest BCUT2D eigenvalue weighted by atomic mass is 16.3. The van der Waals surface area contributed by atoms with Crippen LogP contribution in [0.2, 0.25) is 0 Å². The van der Waals surface area contributed by atoms with Gasteiger partial charge in [0.05, 0.1) is 18.5 Å². The topological polar surface area (TPSA) is 58.9 Å². The van der Waals surface area contributed by atoms with Gasteiger partial charge in [-0.2, -0.15) is 5.10 Å². The molecule has 1 rings (SSSR count). The highest BCUT2D eigenvalue weighted by Gasteiger charge is 1.85. The molecule has 1 heterocycles. The lowest BCUT2D eigenvalue weighted by Gasteiger charge is -1.86. The second-order valence-electron chi connectivity index (χ2n) is 1.25. The van der Waals surface area contributed by atoms with Crippen molar-refractivity contribution in [3.05, 3.63) is 18.2 Å². The van der Waals surface area contributed by atoms with Crippen molar-refractivity contribution < 1.29 is 5.11 Å². The highest BCUT2D eigenvalue weighted by molar-refractivity contribution is 4.87. The predicted molar refractivity (Wildman–Crippen MR) is 25.7 cm³/mol. The number of aliphatic hydroxyl groups is 1. The van der Waals surface area contributed by atoms with Crippen molar-refractivity contribution in [2.45, 2.75) is 6.61 Å². The van der Waals surface area contributed by atoms with Crippen LogP contribution in [0.25, 0.3) is 0 Å². The van der Waals surface area contributed by atoms with Gasteiger partial charge in [0, 0.05) is 0 Å². The van der Waals surface area contributed by atoms with E-state index in [1.807, 2.05) is 0 Å². The lowest BCUT2D eigenvalue weighted by molar-refractivity contribution is 0.276. The first-order valence-electron chi connectivity index (χ1n) is 2.16. The van der Waals surface area contributed by atoms with Crippen molar-refractivity contribution in [1.29, 1.82) is 0 Å². The summed E-state index contributed by atoms with van der Waals surface area (Å²) in [5, 5.41) is 15.3. The van der Waals surface area contributed by atoms with Crippen molar-refractivity contribution >= 4 is 0 Å². The summed E-state index contributed by atoms with van der Waals surface area (Å²) in [7, 11) is 0. The smallest absolute Gasteiger partial charge is 0.138 e. The van der Waals surface area contributed by atoms with Crippen LogP contribution in [0.4, 0.5) is 0 Å². The number of hydrogen-bond donors (Lipinski definition) is 1. The molecule has 0 saturated carbocycles. The maximum Gasteiger partial charge on any atom is 0.138 e. The van der Waals surface area contributed by atoms with Crippen LogP contribution in [0, 0.1) is 0 Å². The summed E-state index contributed by atoms with van der Waals surface area (Å²) in [6, 6.07) is 0. The molecule has 1 aromatic rings. The summed E-state index contributed by atoms with van der Waals surface area (Å²) in [6.07, 6.45) is 2.71. The van der Waals surface area contributed by atoms with Crippen LogP contribution in [-0.2, 0) is 6.61 Å². The number of hydrogen-bond acceptors (Lipinski definition) is 4. The average Bonchev–Trinajstić information content (AvgIpc) is 1.90. The molecule has 0 aliphatic carbocycles. The van der Waals surface area contributed by atoms with E-state index < -0.39 is 0 Å². The van der Waals surface area contributed by atoms with Gasteiger partial charge in [-0.05, 0) is 0 Å². The second-order valence-corrected chi connectivity index (χ2v) is 1.25. The second kappa shape index (κ2) is 2.32. The minimum atomic E-state index is -0.0739. The molecule has 0 aromatic carbocycles. The molecule has 8 heavy (non-hydrogen) atoms. The van der Waals surface area contributed by atoms with Gasteiger partial charge in [0.2, 0.25) is 0 Å². The van der Waals surface area contributed by atoms with Gasteiger partial charge in [-0.25, -0.2) is 4.98 Å². The van der Waals surface area contributed by atoms with Crippen LogP contribution < -0.4 is 0 Å². The van der Waals surface area contributed by atoms with Crippen LogP contribution in [0.3, 0.4) is 0 Å². The largest absolute Gasteiger partial charge is 0.390 e. The molecule has 0 radical (unpaired) electrons. The van der Waals surface area contributed by atoms with E-state index in [-0.39, 0.29) is 6.61 Å². The van der Waals surface area contributed by atoms with Crippen LogP contribution in [0.5, 0.6) is 0 Å². The monoisotopic (exact) mass is 111 g/mol. The summed E-state index contributed by atoms with van der Waals surface area (Å²) >= 11 is 0. The average molecular weight is 111 g/mol. The van der Waals surface area contributed by atoms with E-state index in [2.05, 4.69) is 15.2 Å². The molecule has 0 atom stereocenters. The Kier molecular flexibility index (Phi) is 1.48. The Morgan fingerprint density at radius 3 is 2.75 bits per heavy atom. The fourth-order valence-electron chi connectivity index (χ4n) is 0.345. The van der Waals surface area contributed by atoms with Crippen LogP contribution >= 0.6 is 0 Å². The van der Waals surface area contributed by atoms with Crippen LogP contribution in [0.1, 0.15) is 5.69 Å². The molecule has 0 aliphatic heterocycles. The minimum Gasteiger partial charge on any atom is -0.390 e. The van der Waals surface area contributed by atoms with E-state index in [4.69, 9.17) is 5.11 Å². The van der Waals surface area contributed by atoms with Gasteiger partial charge < -0.3 is 5.11 Å². The molecule has 0 bridgehead atoms. The Morgan fingerprint density at radius 1 is 1.50 bits per heavy atom. The SMILES string of the molecule is OCc1cnncn1. The zero-order valence-electron chi connectivity index (χ0n) is 4.15. The van der Waals surface area contributed by atoms with E-state index in [9.17, 15) is 0 Å². The van der Waals surface area contributed by atoms with E-state index in [1.165, 1.54) is 12.5 Å². The van der Waals surface area contributed by atoms with Gasteiger partial charge in [0.15, 0.2) is 0 Å². The highest BCUT2D eigenvalue weighted by Crippen LogP contribution is 1.83. The molecule has 0 amide bonds. The number of nitrogens with zero attached hydrogens (tertiary/aromatic N) is 3.